The zero-order valence-electron chi connectivity index (χ0n) is 12.3. The van der Waals surface area contributed by atoms with Gasteiger partial charge in [-0.1, -0.05) is 18.2 Å². The Labute approximate surface area is 129 Å². The fourth-order valence-corrected chi connectivity index (χ4v) is 2.97. The number of anilines is 1. The second-order valence-electron chi connectivity index (χ2n) is 5.53. The molecule has 4 rings (SSSR count). The molecule has 0 aliphatic carbocycles. The topological polar surface area (TPSA) is 42.7 Å². The normalized spacial score (nSPS) is 18.0. The van der Waals surface area contributed by atoms with Crippen LogP contribution in [0.1, 0.15) is 12.8 Å². The molecule has 1 aromatic carbocycles. The summed E-state index contributed by atoms with van der Waals surface area (Å²) < 4.78 is 7.85. The highest BCUT2D eigenvalue weighted by atomic mass is 16.5. The summed E-state index contributed by atoms with van der Waals surface area (Å²) in [6.07, 6.45) is 7.99. The Kier molecular flexibility index (Phi) is 3.39. The van der Waals surface area contributed by atoms with Crippen LogP contribution in [0.4, 0.5) is 5.82 Å². The van der Waals surface area contributed by atoms with Crippen LogP contribution in [0.25, 0.3) is 5.78 Å². The van der Waals surface area contributed by atoms with Crippen LogP contribution < -0.4 is 9.64 Å². The maximum absolute atomic E-state index is 5.92. The van der Waals surface area contributed by atoms with Crippen molar-refractivity contribution in [1.82, 2.24) is 14.4 Å². The van der Waals surface area contributed by atoms with Crippen molar-refractivity contribution in [3.05, 3.63) is 55.0 Å². The fraction of sp³-hybridized carbons (Fsp3) is 0.294. The molecule has 1 aliphatic heterocycles. The number of para-hydroxylation sites is 1. The average molecular weight is 294 g/mol. The van der Waals surface area contributed by atoms with Gasteiger partial charge in [0.15, 0.2) is 0 Å². The van der Waals surface area contributed by atoms with Gasteiger partial charge < -0.3 is 9.64 Å². The van der Waals surface area contributed by atoms with Crippen LogP contribution in [0.5, 0.6) is 5.75 Å². The zero-order chi connectivity index (χ0) is 14.8. The van der Waals surface area contributed by atoms with Gasteiger partial charge in [-0.05, 0) is 31.0 Å². The number of hydrogen-bond donors (Lipinski definition) is 0. The molecule has 1 atom stereocenters. The lowest BCUT2D eigenvalue weighted by Crippen LogP contribution is -2.34. The van der Waals surface area contributed by atoms with Gasteiger partial charge in [0.2, 0.25) is 5.78 Å². The summed E-state index contributed by atoms with van der Waals surface area (Å²) in [5.74, 6) is 2.65. The van der Waals surface area contributed by atoms with Gasteiger partial charge in [0.05, 0.1) is 6.04 Å². The fourth-order valence-electron chi connectivity index (χ4n) is 2.97. The average Bonchev–Trinajstić information content (AvgIpc) is 3.22. The summed E-state index contributed by atoms with van der Waals surface area (Å²) in [6.45, 7) is 1.71. The Morgan fingerprint density at radius 3 is 2.95 bits per heavy atom. The maximum atomic E-state index is 5.92. The number of aromatic nitrogens is 3. The largest absolute Gasteiger partial charge is 0.491 e. The summed E-state index contributed by atoms with van der Waals surface area (Å²) in [5.41, 5.74) is 0. The highest BCUT2D eigenvalue weighted by Crippen LogP contribution is 2.24. The Balaban J connectivity index is 1.50. The van der Waals surface area contributed by atoms with Gasteiger partial charge in [-0.3, -0.25) is 4.40 Å². The molecule has 1 aliphatic rings. The number of rotatable bonds is 4. The number of benzene rings is 1. The molecular formula is C17H18N4O. The second kappa shape index (κ2) is 5.67. The Hall–Kier alpha value is -2.56. The number of imidazole rings is 1. The van der Waals surface area contributed by atoms with Crippen LogP contribution >= 0.6 is 0 Å². The Morgan fingerprint density at radius 1 is 1.14 bits per heavy atom. The highest BCUT2D eigenvalue weighted by Gasteiger charge is 2.26. The van der Waals surface area contributed by atoms with Crippen molar-refractivity contribution in [2.24, 2.45) is 0 Å². The molecule has 0 N–H and O–H groups in total. The van der Waals surface area contributed by atoms with Crippen LogP contribution in [-0.2, 0) is 0 Å². The number of nitrogens with zero attached hydrogens (tertiary/aromatic N) is 4. The molecule has 0 spiro atoms. The molecule has 3 aromatic rings. The predicted molar refractivity (Wildman–Crippen MR) is 85.3 cm³/mol. The van der Waals surface area contributed by atoms with Crippen molar-refractivity contribution in [1.29, 1.82) is 0 Å². The molecule has 1 saturated heterocycles. The number of fused-ring (bicyclic) bond motifs is 1. The second-order valence-corrected chi connectivity index (χ2v) is 5.53. The van der Waals surface area contributed by atoms with Crippen molar-refractivity contribution in [2.45, 2.75) is 18.9 Å². The van der Waals surface area contributed by atoms with Crippen LogP contribution in [0.3, 0.4) is 0 Å². The predicted octanol–water partition coefficient (Wildman–Crippen LogP) is 2.78. The minimum absolute atomic E-state index is 0.366. The van der Waals surface area contributed by atoms with Crippen LogP contribution in [0, 0.1) is 0 Å². The minimum Gasteiger partial charge on any atom is -0.491 e. The molecule has 2 aromatic heterocycles. The summed E-state index contributed by atoms with van der Waals surface area (Å²) in [4.78, 5) is 11.2. The molecular weight excluding hydrogens is 276 g/mol. The first kappa shape index (κ1) is 13.1. The molecule has 112 valence electrons. The van der Waals surface area contributed by atoms with Gasteiger partial charge >= 0.3 is 0 Å². The number of ether oxygens (including phenoxy) is 1. The van der Waals surface area contributed by atoms with Gasteiger partial charge in [-0.15, -0.1) is 0 Å². The molecule has 22 heavy (non-hydrogen) atoms. The molecule has 5 heteroatoms. The lowest BCUT2D eigenvalue weighted by atomic mass is 10.2. The van der Waals surface area contributed by atoms with E-state index < -0.39 is 0 Å². The Bertz CT molecular complexity index is 755. The van der Waals surface area contributed by atoms with Crippen LogP contribution in [-0.4, -0.2) is 33.6 Å². The maximum Gasteiger partial charge on any atom is 0.235 e. The van der Waals surface area contributed by atoms with E-state index in [0.717, 1.165) is 30.3 Å². The van der Waals surface area contributed by atoms with E-state index in [4.69, 9.17) is 4.74 Å². The van der Waals surface area contributed by atoms with Gasteiger partial charge in [0.1, 0.15) is 18.2 Å². The number of hydrogen-bond acceptors (Lipinski definition) is 4. The molecule has 0 saturated carbocycles. The zero-order valence-corrected chi connectivity index (χ0v) is 12.3. The molecule has 0 unspecified atom stereocenters. The van der Waals surface area contributed by atoms with Gasteiger partial charge in [-0.2, -0.15) is 4.98 Å². The first-order chi connectivity index (χ1) is 10.9. The quantitative estimate of drug-likeness (QED) is 0.742. The highest BCUT2D eigenvalue weighted by molar-refractivity contribution is 5.46. The lowest BCUT2D eigenvalue weighted by Gasteiger charge is -2.25. The van der Waals surface area contributed by atoms with E-state index in [1.165, 1.54) is 6.42 Å². The third-order valence-electron chi connectivity index (χ3n) is 4.10. The van der Waals surface area contributed by atoms with E-state index in [9.17, 15) is 0 Å². The van der Waals surface area contributed by atoms with E-state index in [1.54, 1.807) is 6.20 Å². The summed E-state index contributed by atoms with van der Waals surface area (Å²) in [5, 5.41) is 0. The van der Waals surface area contributed by atoms with Gasteiger partial charge in [0.25, 0.3) is 0 Å². The van der Waals surface area contributed by atoms with E-state index in [-0.39, 0.29) is 0 Å². The molecule has 0 bridgehead atoms. The summed E-state index contributed by atoms with van der Waals surface area (Å²) >= 11 is 0. The smallest absolute Gasteiger partial charge is 0.235 e. The monoisotopic (exact) mass is 294 g/mol. The van der Waals surface area contributed by atoms with Crippen LogP contribution in [0.2, 0.25) is 0 Å². The van der Waals surface area contributed by atoms with E-state index in [2.05, 4.69) is 20.9 Å². The Morgan fingerprint density at radius 2 is 2.05 bits per heavy atom. The van der Waals surface area contributed by atoms with Crippen molar-refractivity contribution in [2.75, 3.05) is 18.1 Å². The third-order valence-corrected chi connectivity index (χ3v) is 4.10. The SMILES string of the molecule is c1ccc(OC[C@H]2CCCN2c2ccn3ccnc3n2)cc1. The molecule has 0 radical (unpaired) electrons. The third kappa shape index (κ3) is 2.50. The van der Waals surface area contributed by atoms with Crippen molar-refractivity contribution in [3.63, 3.8) is 0 Å². The summed E-state index contributed by atoms with van der Waals surface area (Å²) in [6, 6.07) is 12.4. The van der Waals surface area contributed by atoms with Gasteiger partial charge in [-0.25, -0.2) is 4.98 Å². The lowest BCUT2D eigenvalue weighted by molar-refractivity contribution is 0.288. The molecule has 0 amide bonds. The minimum atomic E-state index is 0.366. The first-order valence-electron chi connectivity index (χ1n) is 7.64. The van der Waals surface area contributed by atoms with Crippen molar-refractivity contribution in [3.8, 4) is 5.75 Å². The molecule has 3 heterocycles. The summed E-state index contributed by atoms with van der Waals surface area (Å²) in [7, 11) is 0. The van der Waals surface area contributed by atoms with E-state index in [1.807, 2.05) is 47.1 Å². The standard InChI is InChI=1S/C17H18N4O/c1-2-6-15(7-3-1)22-13-14-5-4-10-21(14)16-8-11-20-12-9-18-17(20)19-16/h1-3,6-9,11-12,14H,4-5,10,13H2/t14-/m1/s1. The van der Waals surface area contributed by atoms with Gasteiger partial charge in [0, 0.05) is 25.1 Å². The van der Waals surface area contributed by atoms with Crippen molar-refractivity contribution >= 4 is 11.6 Å². The van der Waals surface area contributed by atoms with Crippen molar-refractivity contribution < 1.29 is 4.74 Å². The molecule has 1 fully saturated rings. The first-order valence-corrected chi connectivity index (χ1v) is 7.64. The van der Waals surface area contributed by atoms with E-state index in [0.29, 0.717) is 12.6 Å². The molecule has 5 nitrogen and oxygen atoms in total. The van der Waals surface area contributed by atoms with E-state index >= 15 is 0 Å². The van der Waals surface area contributed by atoms with Crippen LogP contribution in [0.15, 0.2) is 55.0 Å².